The molecule has 0 spiro atoms. The van der Waals surface area contributed by atoms with E-state index in [2.05, 4.69) is 28.8 Å². The Morgan fingerprint density at radius 2 is 1.83 bits per heavy atom. The van der Waals surface area contributed by atoms with Crippen LogP contribution in [0.3, 0.4) is 0 Å². The lowest BCUT2D eigenvalue weighted by atomic mass is 9.95. The average Bonchev–Trinajstić information content (AvgIpc) is 2.46. The molecule has 138 valence electrons. The zero-order chi connectivity index (χ0) is 17.0. The van der Waals surface area contributed by atoms with E-state index in [9.17, 15) is 17.6 Å². The number of benzene rings is 1. The van der Waals surface area contributed by atoms with Gasteiger partial charge in [-0.25, -0.2) is 4.39 Å². The Hall–Kier alpha value is -1.05. The smallest absolute Gasteiger partial charge is 0.403 e. The van der Waals surface area contributed by atoms with Crippen molar-refractivity contribution in [1.29, 1.82) is 0 Å². The molecule has 0 unspecified atom stereocenters. The first-order valence-electron chi connectivity index (χ1n) is 7.76. The van der Waals surface area contributed by atoms with Crippen LogP contribution in [0, 0.1) is 11.7 Å². The van der Waals surface area contributed by atoms with Gasteiger partial charge < -0.3 is 10.1 Å². The van der Waals surface area contributed by atoms with Crippen LogP contribution in [-0.4, -0.2) is 37.4 Å². The van der Waals surface area contributed by atoms with Gasteiger partial charge in [0, 0.05) is 32.2 Å². The molecule has 1 saturated heterocycles. The fourth-order valence-electron chi connectivity index (χ4n) is 2.87. The van der Waals surface area contributed by atoms with E-state index >= 15 is 0 Å². The largest absolute Gasteiger partial charge is 0.573 e. The minimum Gasteiger partial charge on any atom is -0.403 e. The number of hydrogen-bond acceptors (Lipinski definition) is 3. The lowest BCUT2D eigenvalue weighted by Gasteiger charge is -2.36. The number of nitrogens with zero attached hydrogens (tertiary/aromatic N) is 1. The zero-order valence-electron chi connectivity index (χ0n) is 13.7. The number of rotatable bonds is 5. The number of nitrogens with one attached hydrogen (secondary N) is 1. The predicted octanol–water partition coefficient (Wildman–Crippen LogP) is 4.14. The molecular formula is C16H23ClF4N2O. The van der Waals surface area contributed by atoms with Gasteiger partial charge in [0.15, 0.2) is 11.6 Å². The summed E-state index contributed by atoms with van der Waals surface area (Å²) < 4.78 is 54.4. The van der Waals surface area contributed by atoms with Gasteiger partial charge >= 0.3 is 6.36 Å². The van der Waals surface area contributed by atoms with Crippen LogP contribution in [0.15, 0.2) is 18.2 Å². The first-order valence-corrected chi connectivity index (χ1v) is 7.76. The molecule has 0 amide bonds. The van der Waals surface area contributed by atoms with Gasteiger partial charge in [-0.15, -0.1) is 25.6 Å². The molecule has 0 bridgehead atoms. The van der Waals surface area contributed by atoms with Crippen molar-refractivity contribution < 1.29 is 22.3 Å². The summed E-state index contributed by atoms with van der Waals surface area (Å²) in [6.07, 6.45) is -4.07. The van der Waals surface area contributed by atoms with Gasteiger partial charge in [-0.05, 0) is 30.0 Å². The Morgan fingerprint density at radius 1 is 1.21 bits per heavy atom. The third kappa shape index (κ3) is 6.11. The van der Waals surface area contributed by atoms with E-state index in [1.807, 2.05) is 0 Å². The van der Waals surface area contributed by atoms with Crippen molar-refractivity contribution in [3.05, 3.63) is 29.6 Å². The lowest BCUT2D eigenvalue weighted by Crippen LogP contribution is -2.45. The van der Waals surface area contributed by atoms with Crippen LogP contribution in [0.25, 0.3) is 0 Å². The number of halogens is 5. The highest BCUT2D eigenvalue weighted by Gasteiger charge is 2.33. The first-order chi connectivity index (χ1) is 10.8. The quantitative estimate of drug-likeness (QED) is 0.788. The molecule has 0 aliphatic carbocycles. The summed E-state index contributed by atoms with van der Waals surface area (Å²) in [4.78, 5) is 2.25. The molecular weight excluding hydrogens is 348 g/mol. The van der Waals surface area contributed by atoms with Crippen molar-refractivity contribution in [1.82, 2.24) is 10.2 Å². The summed E-state index contributed by atoms with van der Waals surface area (Å²) in [6.45, 7) is 7.53. The molecule has 1 aromatic rings. The molecule has 2 rings (SSSR count). The maximum atomic E-state index is 14.0. The fourth-order valence-corrected chi connectivity index (χ4v) is 2.87. The summed E-state index contributed by atoms with van der Waals surface area (Å²) in [5.41, 5.74) is 0.688. The molecule has 3 nitrogen and oxygen atoms in total. The molecule has 8 heteroatoms. The van der Waals surface area contributed by atoms with Gasteiger partial charge in [0.05, 0.1) is 0 Å². The highest BCUT2D eigenvalue weighted by Crippen LogP contribution is 2.32. The van der Waals surface area contributed by atoms with Crippen LogP contribution in [0.5, 0.6) is 5.75 Å². The van der Waals surface area contributed by atoms with E-state index in [1.165, 1.54) is 6.07 Å². The van der Waals surface area contributed by atoms with E-state index in [0.29, 0.717) is 11.5 Å². The van der Waals surface area contributed by atoms with Crippen molar-refractivity contribution in [2.24, 2.45) is 5.92 Å². The lowest BCUT2D eigenvalue weighted by molar-refractivity contribution is -0.275. The van der Waals surface area contributed by atoms with Crippen LogP contribution in [0.4, 0.5) is 17.6 Å². The molecule has 1 N–H and O–H groups in total. The van der Waals surface area contributed by atoms with E-state index in [1.54, 1.807) is 0 Å². The second kappa shape index (κ2) is 8.87. The summed E-state index contributed by atoms with van der Waals surface area (Å²) in [6, 6.07) is 3.75. The molecule has 1 heterocycles. The summed E-state index contributed by atoms with van der Waals surface area (Å²) in [5, 5.41) is 3.26. The predicted molar refractivity (Wildman–Crippen MR) is 87.0 cm³/mol. The van der Waals surface area contributed by atoms with Crippen molar-refractivity contribution in [2.45, 2.75) is 32.7 Å². The Kier molecular flexibility index (Phi) is 7.76. The van der Waals surface area contributed by atoms with Crippen molar-refractivity contribution in [3.8, 4) is 5.75 Å². The summed E-state index contributed by atoms with van der Waals surface area (Å²) >= 11 is 0. The number of alkyl halides is 3. The minimum atomic E-state index is -4.89. The number of ether oxygens (including phenoxy) is 1. The molecule has 1 fully saturated rings. The maximum absolute atomic E-state index is 14.0. The highest BCUT2D eigenvalue weighted by atomic mass is 35.5. The molecule has 0 radical (unpaired) electrons. The Bertz CT molecular complexity index is 519. The molecule has 1 atom stereocenters. The number of hydrogen-bond donors (Lipinski definition) is 1. The molecule has 0 aromatic heterocycles. The van der Waals surface area contributed by atoms with E-state index in [0.717, 1.165) is 44.7 Å². The van der Waals surface area contributed by atoms with Crippen LogP contribution in [-0.2, 0) is 0 Å². The summed E-state index contributed by atoms with van der Waals surface area (Å²) in [5.74, 6) is -1.38. The SMILES string of the molecule is CC(C)C[C@@H](c1ccc(OC(F)(F)F)c(F)c1)N1CCNCC1.Cl. The van der Waals surface area contributed by atoms with E-state index in [4.69, 9.17) is 0 Å². The van der Waals surface area contributed by atoms with Crippen LogP contribution < -0.4 is 10.1 Å². The third-order valence-electron chi connectivity index (χ3n) is 3.85. The van der Waals surface area contributed by atoms with Gasteiger partial charge in [-0.1, -0.05) is 19.9 Å². The summed E-state index contributed by atoms with van der Waals surface area (Å²) in [7, 11) is 0. The average molecular weight is 371 g/mol. The Labute approximate surface area is 145 Å². The van der Waals surface area contributed by atoms with Crippen LogP contribution in [0.2, 0.25) is 0 Å². The van der Waals surface area contributed by atoms with Gasteiger partial charge in [0.25, 0.3) is 0 Å². The van der Waals surface area contributed by atoms with Crippen molar-refractivity contribution >= 4 is 12.4 Å². The molecule has 0 saturated carbocycles. The Balaban J connectivity index is 0.00000288. The minimum absolute atomic E-state index is 0. The van der Waals surface area contributed by atoms with Gasteiger partial charge in [0.1, 0.15) is 0 Å². The second-order valence-corrected chi connectivity index (χ2v) is 6.17. The first kappa shape index (κ1) is 21.0. The third-order valence-corrected chi connectivity index (χ3v) is 3.85. The maximum Gasteiger partial charge on any atom is 0.573 e. The standard InChI is InChI=1S/C16H22F4N2O.ClH/c1-11(2)9-14(22-7-5-21-6-8-22)12-3-4-15(13(17)10-12)23-16(18,19)20;/h3-4,10-11,14,21H,5-9H2,1-2H3;1H/t14-;/m0./s1. The molecule has 1 aromatic carbocycles. The van der Waals surface area contributed by atoms with Gasteiger partial charge in [-0.2, -0.15) is 0 Å². The molecule has 1 aliphatic heterocycles. The monoisotopic (exact) mass is 370 g/mol. The van der Waals surface area contributed by atoms with Crippen molar-refractivity contribution in [3.63, 3.8) is 0 Å². The van der Waals surface area contributed by atoms with Gasteiger partial charge in [0.2, 0.25) is 0 Å². The second-order valence-electron chi connectivity index (χ2n) is 6.17. The topological polar surface area (TPSA) is 24.5 Å². The van der Waals surface area contributed by atoms with E-state index < -0.39 is 17.9 Å². The molecule has 1 aliphatic rings. The molecule has 24 heavy (non-hydrogen) atoms. The highest BCUT2D eigenvalue weighted by molar-refractivity contribution is 5.85. The fraction of sp³-hybridized carbons (Fsp3) is 0.625. The zero-order valence-corrected chi connectivity index (χ0v) is 14.5. The van der Waals surface area contributed by atoms with Gasteiger partial charge in [-0.3, -0.25) is 4.90 Å². The normalized spacial score (nSPS) is 17.5. The Morgan fingerprint density at radius 3 is 2.33 bits per heavy atom. The van der Waals surface area contributed by atoms with Crippen LogP contribution in [0.1, 0.15) is 31.9 Å². The van der Waals surface area contributed by atoms with Crippen molar-refractivity contribution in [2.75, 3.05) is 26.2 Å². The van der Waals surface area contributed by atoms with E-state index in [-0.39, 0.29) is 18.4 Å². The van der Waals surface area contributed by atoms with Crippen LogP contribution >= 0.6 is 12.4 Å². The number of piperazine rings is 1.